The van der Waals surface area contributed by atoms with E-state index in [1.807, 2.05) is 0 Å². The predicted molar refractivity (Wildman–Crippen MR) is 83.3 cm³/mol. The zero-order valence-electron chi connectivity index (χ0n) is 10.4. The first kappa shape index (κ1) is 15.1. The molecule has 0 spiro atoms. The molecule has 0 saturated carbocycles. The minimum absolute atomic E-state index is 0.0670. The smallest absolute Gasteiger partial charge is 0.262 e. The van der Waals surface area contributed by atoms with Crippen LogP contribution >= 0.6 is 27.5 Å². The van der Waals surface area contributed by atoms with Gasteiger partial charge in [-0.25, -0.2) is 13.4 Å². The number of nitrogens with zero attached hydrogens (tertiary/aromatic N) is 1. The molecule has 0 fully saturated rings. The third kappa shape index (κ3) is 3.41. The summed E-state index contributed by atoms with van der Waals surface area (Å²) in [7, 11) is -3.77. The zero-order chi connectivity index (χ0) is 14.9. The fourth-order valence-electron chi connectivity index (χ4n) is 1.63. The second-order valence-corrected chi connectivity index (χ2v) is 7.13. The van der Waals surface area contributed by atoms with Crippen LogP contribution in [0.5, 0.6) is 0 Å². The molecular weight excluding hydrogens is 366 g/mol. The quantitative estimate of drug-likeness (QED) is 0.636. The molecule has 0 aliphatic carbocycles. The summed E-state index contributed by atoms with van der Waals surface area (Å²) in [5.74, 6) is 0. The SMILES string of the molecule is Cc1cc(N)cc(S(=O)(=O)Nc2cc(Br)cnc2Cl)c1. The molecule has 0 radical (unpaired) electrons. The van der Waals surface area contributed by atoms with E-state index in [0.717, 1.165) is 5.56 Å². The normalized spacial score (nSPS) is 11.3. The van der Waals surface area contributed by atoms with Crippen molar-refractivity contribution >= 4 is 48.9 Å². The van der Waals surface area contributed by atoms with Crippen molar-refractivity contribution in [1.82, 2.24) is 4.98 Å². The van der Waals surface area contributed by atoms with E-state index in [-0.39, 0.29) is 15.7 Å². The van der Waals surface area contributed by atoms with Crippen LogP contribution in [-0.2, 0) is 10.0 Å². The summed E-state index contributed by atoms with van der Waals surface area (Å²) < 4.78 is 27.6. The van der Waals surface area contributed by atoms with Gasteiger partial charge in [0, 0.05) is 16.4 Å². The van der Waals surface area contributed by atoms with E-state index in [9.17, 15) is 8.42 Å². The average molecular weight is 377 g/mol. The fourth-order valence-corrected chi connectivity index (χ4v) is 3.36. The van der Waals surface area contributed by atoms with Crippen LogP contribution < -0.4 is 10.5 Å². The van der Waals surface area contributed by atoms with Gasteiger partial charge in [-0.1, -0.05) is 11.6 Å². The second kappa shape index (κ2) is 5.59. The number of nitrogen functional groups attached to an aromatic ring is 1. The number of aryl methyl sites for hydroxylation is 1. The van der Waals surface area contributed by atoms with Gasteiger partial charge in [0.2, 0.25) is 0 Å². The Bertz CT molecular complexity index is 745. The number of sulfonamides is 1. The molecule has 0 saturated heterocycles. The highest BCUT2D eigenvalue weighted by atomic mass is 79.9. The number of nitrogens with one attached hydrogen (secondary N) is 1. The van der Waals surface area contributed by atoms with Crippen LogP contribution in [0.3, 0.4) is 0 Å². The van der Waals surface area contributed by atoms with Crippen molar-refractivity contribution in [2.24, 2.45) is 0 Å². The molecule has 0 aliphatic rings. The van der Waals surface area contributed by atoms with Crippen LogP contribution in [0.1, 0.15) is 5.56 Å². The molecule has 1 aromatic heterocycles. The molecule has 2 aromatic rings. The summed E-state index contributed by atoms with van der Waals surface area (Å²) >= 11 is 9.08. The Morgan fingerprint density at radius 1 is 1.30 bits per heavy atom. The van der Waals surface area contributed by atoms with E-state index in [2.05, 4.69) is 25.6 Å². The number of hydrogen-bond donors (Lipinski definition) is 2. The van der Waals surface area contributed by atoms with Crippen LogP contribution in [0.25, 0.3) is 0 Å². The van der Waals surface area contributed by atoms with Crippen molar-refractivity contribution in [3.05, 3.63) is 45.7 Å². The molecule has 0 aliphatic heterocycles. The minimum Gasteiger partial charge on any atom is -0.399 e. The van der Waals surface area contributed by atoms with E-state index in [1.54, 1.807) is 13.0 Å². The molecule has 20 heavy (non-hydrogen) atoms. The molecule has 1 heterocycles. The third-order valence-corrected chi connectivity index (χ3v) is 4.51. The molecule has 8 heteroatoms. The molecule has 1 aromatic carbocycles. The number of hydrogen-bond acceptors (Lipinski definition) is 4. The maximum Gasteiger partial charge on any atom is 0.262 e. The van der Waals surface area contributed by atoms with Gasteiger partial charge in [0.25, 0.3) is 10.0 Å². The number of nitrogens with two attached hydrogens (primary N) is 1. The van der Waals surface area contributed by atoms with Crippen molar-refractivity contribution in [1.29, 1.82) is 0 Å². The zero-order valence-corrected chi connectivity index (χ0v) is 13.6. The van der Waals surface area contributed by atoms with Gasteiger partial charge in [0.1, 0.15) is 0 Å². The molecule has 106 valence electrons. The van der Waals surface area contributed by atoms with Crippen LogP contribution in [0, 0.1) is 6.92 Å². The summed E-state index contributed by atoms with van der Waals surface area (Å²) in [6, 6.07) is 6.13. The van der Waals surface area contributed by atoms with Crippen molar-refractivity contribution in [2.75, 3.05) is 10.5 Å². The van der Waals surface area contributed by atoms with Crippen molar-refractivity contribution in [2.45, 2.75) is 11.8 Å². The average Bonchev–Trinajstić information content (AvgIpc) is 2.32. The van der Waals surface area contributed by atoms with E-state index >= 15 is 0 Å². The number of aromatic nitrogens is 1. The van der Waals surface area contributed by atoms with E-state index in [4.69, 9.17) is 17.3 Å². The van der Waals surface area contributed by atoms with Gasteiger partial charge in [-0.05, 0) is 52.7 Å². The molecule has 2 rings (SSSR count). The van der Waals surface area contributed by atoms with Gasteiger partial charge in [-0.2, -0.15) is 0 Å². The molecule has 0 bridgehead atoms. The lowest BCUT2D eigenvalue weighted by molar-refractivity contribution is 0.601. The summed E-state index contributed by atoms with van der Waals surface area (Å²) in [5, 5.41) is 0.0670. The summed E-state index contributed by atoms with van der Waals surface area (Å²) in [4.78, 5) is 3.93. The highest BCUT2D eigenvalue weighted by Gasteiger charge is 2.17. The Hall–Kier alpha value is -1.31. The van der Waals surface area contributed by atoms with Gasteiger partial charge in [-0.3, -0.25) is 4.72 Å². The van der Waals surface area contributed by atoms with Gasteiger partial charge in [0.05, 0.1) is 10.6 Å². The van der Waals surface area contributed by atoms with Gasteiger partial charge >= 0.3 is 0 Å². The van der Waals surface area contributed by atoms with Crippen molar-refractivity contribution in [3.8, 4) is 0 Å². The topological polar surface area (TPSA) is 85.1 Å². The Kier molecular flexibility index (Phi) is 4.22. The molecule has 0 atom stereocenters. The molecule has 0 amide bonds. The van der Waals surface area contributed by atoms with Crippen LogP contribution in [0.4, 0.5) is 11.4 Å². The van der Waals surface area contributed by atoms with E-state index < -0.39 is 10.0 Å². The Labute approximate surface area is 130 Å². The lowest BCUT2D eigenvalue weighted by atomic mass is 10.2. The summed E-state index contributed by atoms with van der Waals surface area (Å²) in [5.41, 5.74) is 6.99. The fraction of sp³-hybridized carbons (Fsp3) is 0.0833. The standard InChI is InChI=1S/C12H11BrClN3O2S/c1-7-2-9(15)5-10(3-7)20(18,19)17-11-4-8(13)6-16-12(11)14/h2-6,17H,15H2,1H3. The largest absolute Gasteiger partial charge is 0.399 e. The van der Waals surface area contributed by atoms with Gasteiger partial charge < -0.3 is 5.73 Å². The van der Waals surface area contributed by atoms with E-state index in [0.29, 0.717) is 10.2 Å². The second-order valence-electron chi connectivity index (χ2n) is 4.18. The first-order chi connectivity index (χ1) is 9.28. The summed E-state index contributed by atoms with van der Waals surface area (Å²) in [6.45, 7) is 1.77. The summed E-state index contributed by atoms with van der Waals surface area (Å²) in [6.07, 6.45) is 1.48. The van der Waals surface area contributed by atoms with Crippen molar-refractivity contribution < 1.29 is 8.42 Å². The lowest BCUT2D eigenvalue weighted by Crippen LogP contribution is -2.14. The van der Waals surface area contributed by atoms with Crippen LogP contribution in [0.15, 0.2) is 39.8 Å². The third-order valence-electron chi connectivity index (χ3n) is 2.43. The molecule has 3 N–H and O–H groups in total. The van der Waals surface area contributed by atoms with Gasteiger partial charge in [-0.15, -0.1) is 0 Å². The maximum absolute atomic E-state index is 12.3. The number of halogens is 2. The Balaban J connectivity index is 2.43. The maximum atomic E-state index is 12.3. The molecular formula is C12H11BrClN3O2S. The highest BCUT2D eigenvalue weighted by molar-refractivity contribution is 9.10. The van der Waals surface area contributed by atoms with Gasteiger partial charge in [0.15, 0.2) is 5.15 Å². The van der Waals surface area contributed by atoms with Crippen LogP contribution in [-0.4, -0.2) is 13.4 Å². The Morgan fingerprint density at radius 3 is 2.65 bits per heavy atom. The Morgan fingerprint density at radius 2 is 2.00 bits per heavy atom. The number of pyridine rings is 1. The van der Waals surface area contributed by atoms with Crippen molar-refractivity contribution in [3.63, 3.8) is 0 Å². The first-order valence-corrected chi connectivity index (χ1v) is 8.14. The van der Waals surface area contributed by atoms with Crippen LogP contribution in [0.2, 0.25) is 5.15 Å². The lowest BCUT2D eigenvalue weighted by Gasteiger charge is -2.10. The molecule has 5 nitrogen and oxygen atoms in total. The predicted octanol–water partition coefficient (Wildman–Crippen LogP) is 3.19. The minimum atomic E-state index is -3.77. The highest BCUT2D eigenvalue weighted by Crippen LogP contribution is 2.26. The number of anilines is 2. The number of benzene rings is 1. The molecule has 0 unspecified atom stereocenters. The monoisotopic (exact) mass is 375 g/mol. The first-order valence-electron chi connectivity index (χ1n) is 5.49. The van der Waals surface area contributed by atoms with E-state index in [1.165, 1.54) is 24.4 Å². The number of rotatable bonds is 3.